The van der Waals surface area contributed by atoms with Gasteiger partial charge in [0.15, 0.2) is 0 Å². The Kier molecular flexibility index (Phi) is 8.01. The van der Waals surface area contributed by atoms with E-state index >= 15 is 0 Å². The van der Waals surface area contributed by atoms with Crippen LogP contribution in [0, 0.1) is 33.5 Å². The second-order valence-electron chi connectivity index (χ2n) is 11.3. The van der Waals surface area contributed by atoms with Gasteiger partial charge >= 0.3 is 0 Å². The average molecular weight is 639 g/mol. The molecule has 3 aliphatic rings. The number of nitrogens with zero attached hydrogens (tertiary/aromatic N) is 6. The lowest BCUT2D eigenvalue weighted by Crippen LogP contribution is -2.73. The summed E-state index contributed by atoms with van der Waals surface area (Å²) in [6, 6.07) is 23.9. The number of piperidine rings is 2. The maximum Gasteiger partial charge on any atom is 0.145 e. The summed E-state index contributed by atoms with van der Waals surface area (Å²) in [4.78, 5) is 11.3. The van der Waals surface area contributed by atoms with Crippen LogP contribution in [0.5, 0.6) is 28.7 Å². The van der Waals surface area contributed by atoms with Gasteiger partial charge in [-0.15, -0.1) is 0 Å². The number of aliphatic imine (C=N–C) groups is 1. The van der Waals surface area contributed by atoms with Gasteiger partial charge in [0, 0.05) is 36.7 Å². The fourth-order valence-corrected chi connectivity index (χ4v) is 7.48. The summed E-state index contributed by atoms with van der Waals surface area (Å²) < 4.78 is 28.1. The zero-order valence-electron chi connectivity index (χ0n) is 26.3. The van der Waals surface area contributed by atoms with Crippen LogP contribution in [-0.4, -0.2) is 77.7 Å². The maximum absolute atomic E-state index is 11.3. The zero-order chi connectivity index (χ0) is 32.6. The second kappa shape index (κ2) is 12.0. The molecule has 0 saturated carbocycles. The average Bonchev–Trinajstić information content (AvgIpc) is 3.12. The van der Waals surface area contributed by atoms with Crippen molar-refractivity contribution < 1.29 is 23.7 Å². The fraction of sp³-hybridized carbons (Fsp3) is 0.353. The zero-order valence-corrected chi connectivity index (χ0v) is 27.1. The summed E-state index contributed by atoms with van der Waals surface area (Å²) in [6.45, 7) is 0.942. The van der Waals surface area contributed by atoms with Crippen molar-refractivity contribution in [2.24, 2.45) is 15.8 Å². The summed E-state index contributed by atoms with van der Waals surface area (Å²) in [7, 11) is 7.96. The van der Waals surface area contributed by atoms with Gasteiger partial charge < -0.3 is 38.4 Å². The molecule has 3 aromatic rings. The number of benzene rings is 3. The number of para-hydroxylation sites is 1. The highest BCUT2D eigenvalue weighted by Crippen LogP contribution is 2.60. The van der Waals surface area contributed by atoms with Crippen LogP contribution in [0.2, 0.25) is 0 Å². The maximum atomic E-state index is 11.3. The van der Waals surface area contributed by atoms with Crippen LogP contribution >= 0.6 is 12.2 Å². The van der Waals surface area contributed by atoms with Gasteiger partial charge in [-0.1, -0.05) is 30.4 Å². The summed E-state index contributed by atoms with van der Waals surface area (Å²) in [5, 5.41) is 22.6. The molecule has 0 radical (unpaired) electrons. The van der Waals surface area contributed by atoms with Crippen molar-refractivity contribution in [3.63, 3.8) is 0 Å². The van der Waals surface area contributed by atoms with E-state index in [0.29, 0.717) is 39.6 Å². The predicted octanol–water partition coefficient (Wildman–Crippen LogP) is 4.83. The van der Waals surface area contributed by atoms with Crippen LogP contribution in [0.25, 0.3) is 0 Å². The number of rotatable bonds is 8. The smallest absolute Gasteiger partial charge is 0.145 e. The van der Waals surface area contributed by atoms with Crippen molar-refractivity contribution in [2.75, 3.05) is 71.8 Å². The first kappa shape index (κ1) is 30.8. The molecule has 3 heterocycles. The van der Waals surface area contributed by atoms with E-state index in [0.717, 1.165) is 16.9 Å². The Bertz CT molecular complexity index is 1800. The van der Waals surface area contributed by atoms with Gasteiger partial charge in [0.1, 0.15) is 57.1 Å². The SMILES string of the molecule is COc1ccc(N2CN=C3N(C2)C(=S)C2(C#N)CN(c4ccc(OC)cc4OC)CC3(C#N)C2c2ccccc2OC)c(OC)c1. The van der Waals surface area contributed by atoms with Crippen LogP contribution in [0.4, 0.5) is 11.4 Å². The quantitative estimate of drug-likeness (QED) is 0.316. The van der Waals surface area contributed by atoms with Crippen LogP contribution in [-0.2, 0) is 0 Å². The molecular weight excluding hydrogens is 604 g/mol. The third-order valence-corrected chi connectivity index (χ3v) is 9.74. The van der Waals surface area contributed by atoms with E-state index in [-0.39, 0.29) is 26.4 Å². The number of hydrogen-bond acceptors (Lipinski definition) is 11. The summed E-state index contributed by atoms with van der Waals surface area (Å²) in [6.07, 6.45) is 0. The van der Waals surface area contributed by atoms with Gasteiger partial charge in [-0.3, -0.25) is 0 Å². The first-order chi connectivity index (χ1) is 22.3. The Hall–Kier alpha value is -5.20. The predicted molar refractivity (Wildman–Crippen MR) is 177 cm³/mol. The highest BCUT2D eigenvalue weighted by molar-refractivity contribution is 7.80. The first-order valence-corrected chi connectivity index (χ1v) is 15.0. The Morgan fingerprint density at radius 1 is 0.739 bits per heavy atom. The molecule has 0 amide bonds. The topological polar surface area (TPSA) is 116 Å². The van der Waals surface area contributed by atoms with Gasteiger partial charge in [0.2, 0.25) is 0 Å². The van der Waals surface area contributed by atoms with E-state index in [1.165, 1.54) is 0 Å². The van der Waals surface area contributed by atoms with Crippen molar-refractivity contribution in [3.05, 3.63) is 66.2 Å². The highest BCUT2D eigenvalue weighted by atomic mass is 32.1. The molecule has 2 fully saturated rings. The van der Waals surface area contributed by atoms with Crippen LogP contribution < -0.4 is 33.5 Å². The fourth-order valence-electron chi connectivity index (χ4n) is 7.10. The number of nitriles is 2. The number of thiocarbonyl (C=S) groups is 1. The lowest BCUT2D eigenvalue weighted by atomic mass is 9.53. The molecule has 6 rings (SSSR count). The van der Waals surface area contributed by atoms with Gasteiger partial charge in [-0.2, -0.15) is 10.5 Å². The molecule has 236 valence electrons. The molecule has 3 unspecified atom stereocenters. The molecule has 3 aromatic carbocycles. The summed E-state index contributed by atoms with van der Waals surface area (Å²) >= 11 is 6.30. The standard InChI is InChI=1S/C34H34N6O5S/c1-41-22-10-12-25(28(14-22)44-4)38-18-33(16-35)30(24-8-6-7-9-27(24)43-3)34(17-36,19-38)32(46)40-21-39(20-37-31(33)40)26-13-11-23(42-2)15-29(26)45-5/h6-15,30H,18-21H2,1-5H3. The molecule has 2 saturated heterocycles. The summed E-state index contributed by atoms with van der Waals surface area (Å²) in [5.41, 5.74) is -0.398. The highest BCUT2D eigenvalue weighted by Gasteiger charge is 2.69. The van der Waals surface area contributed by atoms with E-state index in [2.05, 4.69) is 12.1 Å². The number of methoxy groups -OCH3 is 5. The third kappa shape index (κ3) is 4.52. The molecule has 46 heavy (non-hydrogen) atoms. The molecule has 3 atom stereocenters. The molecule has 0 N–H and O–H groups in total. The summed E-state index contributed by atoms with van der Waals surface area (Å²) in [5.74, 6) is 2.88. The van der Waals surface area contributed by atoms with E-state index in [9.17, 15) is 10.5 Å². The van der Waals surface area contributed by atoms with Crippen molar-refractivity contribution in [1.82, 2.24) is 4.90 Å². The van der Waals surface area contributed by atoms with E-state index in [1.54, 1.807) is 41.6 Å². The monoisotopic (exact) mass is 638 g/mol. The molecule has 0 aromatic heterocycles. The van der Waals surface area contributed by atoms with Gasteiger partial charge in [-0.05, 0) is 30.3 Å². The lowest BCUT2D eigenvalue weighted by Gasteiger charge is -2.61. The molecule has 12 heteroatoms. The first-order valence-electron chi connectivity index (χ1n) is 14.6. The normalized spacial score (nSPS) is 23.4. The molecule has 0 spiro atoms. The Morgan fingerprint density at radius 3 is 1.87 bits per heavy atom. The Morgan fingerprint density at radius 2 is 1.30 bits per heavy atom. The molecule has 11 nitrogen and oxygen atoms in total. The second-order valence-corrected chi connectivity index (χ2v) is 11.7. The molecule has 0 aliphatic carbocycles. The van der Waals surface area contributed by atoms with Crippen molar-refractivity contribution in [3.8, 4) is 40.9 Å². The minimum Gasteiger partial charge on any atom is -0.497 e. The molecular formula is C34H34N6O5S. The Balaban J connectivity index is 1.55. The van der Waals surface area contributed by atoms with Gasteiger partial charge in [0.25, 0.3) is 0 Å². The van der Waals surface area contributed by atoms with Crippen molar-refractivity contribution >= 4 is 34.4 Å². The minimum atomic E-state index is -1.34. The van der Waals surface area contributed by atoms with Crippen molar-refractivity contribution in [1.29, 1.82) is 10.5 Å². The van der Waals surface area contributed by atoms with E-state index < -0.39 is 16.7 Å². The van der Waals surface area contributed by atoms with Crippen LogP contribution in [0.15, 0.2) is 65.7 Å². The Labute approximate surface area is 273 Å². The number of fused-ring (bicyclic) bond motifs is 4. The number of amidine groups is 1. The van der Waals surface area contributed by atoms with Crippen molar-refractivity contribution in [2.45, 2.75) is 5.92 Å². The third-order valence-electron chi connectivity index (χ3n) is 9.16. The minimum absolute atomic E-state index is 0.201. The molecule has 2 bridgehead atoms. The largest absolute Gasteiger partial charge is 0.497 e. The van der Waals surface area contributed by atoms with Gasteiger partial charge in [0.05, 0.1) is 65.7 Å². The van der Waals surface area contributed by atoms with Gasteiger partial charge in [-0.25, -0.2) is 4.99 Å². The van der Waals surface area contributed by atoms with Crippen LogP contribution in [0.1, 0.15) is 11.5 Å². The lowest BCUT2D eigenvalue weighted by molar-refractivity contribution is 0.202. The van der Waals surface area contributed by atoms with E-state index in [1.807, 2.05) is 69.3 Å². The number of hydrogen-bond donors (Lipinski definition) is 0. The number of anilines is 2. The molecule has 3 aliphatic heterocycles. The van der Waals surface area contributed by atoms with E-state index in [4.69, 9.17) is 40.9 Å². The van der Waals surface area contributed by atoms with Crippen LogP contribution in [0.3, 0.4) is 0 Å². The number of ether oxygens (including phenoxy) is 5.